The molecule has 0 aliphatic heterocycles. The molecular weight excluding hydrogens is 388 g/mol. The fraction of sp³-hybridized carbons (Fsp3) is 0.278. The first-order chi connectivity index (χ1) is 11.9. The number of ether oxygens (including phenoxy) is 2. The lowest BCUT2D eigenvalue weighted by Crippen LogP contribution is -2.32. The number of hydrogen-bond acceptors (Lipinski definition) is 4. The van der Waals surface area contributed by atoms with Gasteiger partial charge >= 0.3 is 6.03 Å². The number of anilines is 1. The van der Waals surface area contributed by atoms with Crippen molar-refractivity contribution in [1.29, 1.82) is 0 Å². The number of urea groups is 1. The maximum Gasteiger partial charge on any atom is 0.319 e. The molecule has 0 aliphatic rings. The number of benzene rings is 2. The highest BCUT2D eigenvalue weighted by Crippen LogP contribution is 2.29. The molecule has 7 heteroatoms. The van der Waals surface area contributed by atoms with Gasteiger partial charge in [0.05, 0.1) is 14.2 Å². The largest absolute Gasteiger partial charge is 0.497 e. The Hall–Kier alpha value is -2.25. The standard InChI is InChI=1S/C18H21BrN2O4/c1-11-4-5-12(8-15(11)19)21-18(23)20-10-16(22)14-9-13(24-2)6-7-17(14)25-3/h4-9,16,22H,10H2,1-3H3,(H2,20,21,23). The first kappa shape index (κ1) is 19.1. The molecule has 1 atom stereocenters. The fourth-order valence-electron chi connectivity index (χ4n) is 2.25. The van der Waals surface area contributed by atoms with E-state index >= 15 is 0 Å². The Bertz CT molecular complexity index is 752. The summed E-state index contributed by atoms with van der Waals surface area (Å²) in [4.78, 5) is 12.0. The second-order valence-corrected chi connectivity index (χ2v) is 6.28. The van der Waals surface area contributed by atoms with E-state index in [1.165, 1.54) is 7.11 Å². The van der Waals surface area contributed by atoms with Crippen molar-refractivity contribution in [2.45, 2.75) is 13.0 Å². The molecular formula is C18H21BrN2O4. The molecule has 3 N–H and O–H groups in total. The number of hydrogen-bond donors (Lipinski definition) is 3. The molecule has 0 fully saturated rings. The molecule has 0 saturated heterocycles. The molecule has 0 saturated carbocycles. The minimum Gasteiger partial charge on any atom is -0.497 e. The SMILES string of the molecule is COc1ccc(OC)c(C(O)CNC(=O)Nc2ccc(C)c(Br)c2)c1. The predicted octanol–water partition coefficient (Wildman–Crippen LogP) is 3.63. The summed E-state index contributed by atoms with van der Waals surface area (Å²) in [5.41, 5.74) is 2.27. The van der Waals surface area contributed by atoms with Crippen LogP contribution in [-0.2, 0) is 0 Å². The van der Waals surface area contributed by atoms with Gasteiger partial charge in [-0.05, 0) is 42.8 Å². The normalized spacial score (nSPS) is 11.6. The molecule has 0 aromatic heterocycles. The van der Waals surface area contributed by atoms with Crippen molar-refractivity contribution in [3.63, 3.8) is 0 Å². The maximum absolute atomic E-state index is 12.0. The van der Waals surface area contributed by atoms with Crippen molar-refractivity contribution in [3.8, 4) is 11.5 Å². The molecule has 2 amide bonds. The number of carbonyl (C=O) groups is 1. The Kier molecular flexibility index (Phi) is 6.66. The Balaban J connectivity index is 1.98. The van der Waals surface area contributed by atoms with Gasteiger partial charge in [0.15, 0.2) is 0 Å². The molecule has 6 nitrogen and oxygen atoms in total. The quantitative estimate of drug-likeness (QED) is 0.681. The van der Waals surface area contributed by atoms with Gasteiger partial charge in [0.25, 0.3) is 0 Å². The first-order valence-corrected chi connectivity index (χ1v) is 8.45. The van der Waals surface area contributed by atoms with Gasteiger partial charge in [0.1, 0.15) is 17.6 Å². The van der Waals surface area contributed by atoms with Crippen LogP contribution in [0.2, 0.25) is 0 Å². The number of amides is 2. The number of aliphatic hydroxyl groups excluding tert-OH is 1. The highest BCUT2D eigenvalue weighted by Gasteiger charge is 2.15. The average molecular weight is 409 g/mol. The average Bonchev–Trinajstić information content (AvgIpc) is 2.62. The summed E-state index contributed by atoms with van der Waals surface area (Å²) in [6.45, 7) is 1.99. The van der Waals surface area contributed by atoms with Gasteiger partial charge in [0, 0.05) is 22.3 Å². The van der Waals surface area contributed by atoms with Crippen molar-refractivity contribution < 1.29 is 19.4 Å². The number of nitrogens with one attached hydrogen (secondary N) is 2. The molecule has 0 heterocycles. The van der Waals surface area contributed by atoms with Gasteiger partial charge in [-0.1, -0.05) is 22.0 Å². The molecule has 2 aromatic rings. The zero-order valence-corrected chi connectivity index (χ0v) is 15.9. The summed E-state index contributed by atoms with van der Waals surface area (Å²) in [6, 6.07) is 10.2. The first-order valence-electron chi connectivity index (χ1n) is 7.65. The van der Waals surface area contributed by atoms with Gasteiger partial charge in [-0.2, -0.15) is 0 Å². The Morgan fingerprint density at radius 1 is 1.20 bits per heavy atom. The van der Waals surface area contributed by atoms with Crippen LogP contribution in [0.25, 0.3) is 0 Å². The summed E-state index contributed by atoms with van der Waals surface area (Å²) >= 11 is 3.42. The summed E-state index contributed by atoms with van der Waals surface area (Å²) in [6.07, 6.45) is -0.930. The molecule has 0 aliphatic carbocycles. The monoisotopic (exact) mass is 408 g/mol. The lowest BCUT2D eigenvalue weighted by atomic mass is 10.1. The predicted molar refractivity (Wildman–Crippen MR) is 100 cm³/mol. The third-order valence-corrected chi connectivity index (χ3v) is 4.54. The second-order valence-electron chi connectivity index (χ2n) is 5.42. The molecule has 2 aromatic carbocycles. The van der Waals surface area contributed by atoms with Crippen LogP contribution < -0.4 is 20.1 Å². The number of aryl methyl sites for hydroxylation is 1. The van der Waals surface area contributed by atoms with E-state index in [1.807, 2.05) is 19.1 Å². The van der Waals surface area contributed by atoms with Gasteiger partial charge < -0.3 is 25.2 Å². The van der Waals surface area contributed by atoms with E-state index in [1.54, 1.807) is 31.4 Å². The fourth-order valence-corrected chi connectivity index (χ4v) is 2.62. The second kappa shape index (κ2) is 8.73. The molecule has 134 valence electrons. The summed E-state index contributed by atoms with van der Waals surface area (Å²) in [5.74, 6) is 1.13. The molecule has 25 heavy (non-hydrogen) atoms. The van der Waals surface area contributed by atoms with E-state index in [0.29, 0.717) is 22.7 Å². The number of rotatable bonds is 6. The van der Waals surface area contributed by atoms with Gasteiger partial charge in [-0.3, -0.25) is 0 Å². The number of halogens is 1. The summed E-state index contributed by atoms with van der Waals surface area (Å²) in [7, 11) is 3.07. The van der Waals surface area contributed by atoms with Crippen LogP contribution in [0.3, 0.4) is 0 Å². The van der Waals surface area contributed by atoms with Crippen LogP contribution in [0.15, 0.2) is 40.9 Å². The van der Waals surface area contributed by atoms with Gasteiger partial charge in [-0.15, -0.1) is 0 Å². The topological polar surface area (TPSA) is 79.8 Å². The van der Waals surface area contributed by atoms with E-state index in [4.69, 9.17) is 9.47 Å². The van der Waals surface area contributed by atoms with Crippen LogP contribution in [0.1, 0.15) is 17.2 Å². The highest BCUT2D eigenvalue weighted by molar-refractivity contribution is 9.10. The van der Waals surface area contributed by atoms with E-state index in [2.05, 4.69) is 26.6 Å². The van der Waals surface area contributed by atoms with Crippen molar-refractivity contribution in [2.75, 3.05) is 26.1 Å². The molecule has 0 bridgehead atoms. The molecule has 2 rings (SSSR count). The Labute approximate surface area is 155 Å². The minimum atomic E-state index is -0.930. The van der Waals surface area contributed by atoms with Crippen molar-refractivity contribution in [3.05, 3.63) is 52.0 Å². The van der Waals surface area contributed by atoms with Crippen LogP contribution >= 0.6 is 15.9 Å². The third-order valence-electron chi connectivity index (χ3n) is 3.68. The lowest BCUT2D eigenvalue weighted by Gasteiger charge is -2.17. The van der Waals surface area contributed by atoms with Gasteiger partial charge in [-0.25, -0.2) is 4.79 Å². The summed E-state index contributed by atoms with van der Waals surface area (Å²) < 4.78 is 11.3. The number of aliphatic hydroxyl groups is 1. The van der Waals surface area contributed by atoms with Crippen LogP contribution in [0, 0.1) is 6.92 Å². The van der Waals surface area contributed by atoms with E-state index in [9.17, 15) is 9.90 Å². The van der Waals surface area contributed by atoms with Crippen LogP contribution in [-0.4, -0.2) is 31.9 Å². The van der Waals surface area contributed by atoms with Crippen molar-refractivity contribution in [1.82, 2.24) is 5.32 Å². The lowest BCUT2D eigenvalue weighted by molar-refractivity contribution is 0.170. The minimum absolute atomic E-state index is 0.0302. The van der Waals surface area contributed by atoms with Gasteiger partial charge in [0.2, 0.25) is 0 Å². The Morgan fingerprint density at radius 3 is 2.60 bits per heavy atom. The summed E-state index contributed by atoms with van der Waals surface area (Å²) in [5, 5.41) is 15.7. The van der Waals surface area contributed by atoms with Crippen LogP contribution in [0.4, 0.5) is 10.5 Å². The smallest absolute Gasteiger partial charge is 0.319 e. The van der Waals surface area contributed by atoms with E-state index in [-0.39, 0.29) is 6.54 Å². The number of methoxy groups -OCH3 is 2. The Morgan fingerprint density at radius 2 is 1.96 bits per heavy atom. The highest BCUT2D eigenvalue weighted by atomic mass is 79.9. The molecule has 0 spiro atoms. The molecule has 0 radical (unpaired) electrons. The zero-order valence-electron chi connectivity index (χ0n) is 14.3. The van der Waals surface area contributed by atoms with E-state index < -0.39 is 12.1 Å². The maximum atomic E-state index is 12.0. The third kappa shape index (κ3) is 5.11. The molecule has 1 unspecified atom stereocenters. The van der Waals surface area contributed by atoms with Crippen molar-refractivity contribution in [2.24, 2.45) is 0 Å². The number of carbonyl (C=O) groups excluding carboxylic acids is 1. The van der Waals surface area contributed by atoms with E-state index in [0.717, 1.165) is 10.0 Å². The van der Waals surface area contributed by atoms with Crippen LogP contribution in [0.5, 0.6) is 11.5 Å². The zero-order chi connectivity index (χ0) is 18.4. The van der Waals surface area contributed by atoms with Crippen molar-refractivity contribution >= 4 is 27.6 Å².